The van der Waals surface area contributed by atoms with Gasteiger partial charge in [0.2, 0.25) is 10.0 Å². The number of nitrogens with one attached hydrogen (secondary N) is 2. The van der Waals surface area contributed by atoms with E-state index in [0.29, 0.717) is 6.04 Å². The summed E-state index contributed by atoms with van der Waals surface area (Å²) in [7, 11) is -1.95. The third-order valence-corrected chi connectivity index (χ3v) is 4.23. The lowest BCUT2D eigenvalue weighted by Gasteiger charge is -2.15. The summed E-state index contributed by atoms with van der Waals surface area (Å²) in [6.07, 6.45) is 3.42. The van der Waals surface area contributed by atoms with Crippen LogP contribution in [0.5, 0.6) is 0 Å². The molecule has 1 aromatic rings. The molecule has 5 heteroatoms. The van der Waals surface area contributed by atoms with Gasteiger partial charge in [-0.1, -0.05) is 25.8 Å². The molecule has 0 fully saturated rings. The largest absolute Gasteiger partial charge is 0.383 e. The fourth-order valence-corrected chi connectivity index (χ4v) is 2.51. The molecule has 1 aromatic carbocycles. The Bertz CT molecular complexity index is 472. The minimum atomic E-state index is -3.36. The molecule has 0 radical (unpaired) electrons. The highest BCUT2D eigenvalue weighted by Crippen LogP contribution is 2.17. The number of unbranched alkanes of at least 4 members (excludes halogenated alkanes) is 1. The fourth-order valence-electron chi connectivity index (χ4n) is 1.74. The summed E-state index contributed by atoms with van der Waals surface area (Å²) in [5.41, 5.74) is 0.843. The van der Waals surface area contributed by atoms with Crippen molar-refractivity contribution in [3.63, 3.8) is 0 Å². The van der Waals surface area contributed by atoms with Gasteiger partial charge in [0.05, 0.1) is 4.90 Å². The van der Waals surface area contributed by atoms with Gasteiger partial charge in [0.15, 0.2) is 0 Å². The number of sulfonamides is 1. The molecule has 0 aliphatic heterocycles. The molecule has 102 valence electrons. The molecule has 0 heterocycles. The highest BCUT2D eigenvalue weighted by atomic mass is 32.2. The van der Waals surface area contributed by atoms with Crippen LogP contribution in [0.1, 0.15) is 33.1 Å². The van der Waals surface area contributed by atoms with Crippen LogP contribution in [-0.2, 0) is 10.0 Å². The summed E-state index contributed by atoms with van der Waals surface area (Å²) >= 11 is 0. The molecule has 0 aliphatic rings. The maximum absolute atomic E-state index is 11.7. The van der Waals surface area contributed by atoms with Gasteiger partial charge in [0, 0.05) is 11.7 Å². The van der Waals surface area contributed by atoms with Gasteiger partial charge < -0.3 is 5.32 Å². The first-order valence-electron chi connectivity index (χ1n) is 6.29. The summed E-state index contributed by atoms with van der Waals surface area (Å²) in [5.74, 6) is 0. The average molecular weight is 270 g/mol. The molecular formula is C13H22N2O2S. The molecule has 0 saturated heterocycles. The van der Waals surface area contributed by atoms with E-state index in [1.807, 2.05) is 6.07 Å². The molecule has 0 bridgehead atoms. The summed E-state index contributed by atoms with van der Waals surface area (Å²) in [4.78, 5) is 0.290. The third-order valence-electron chi connectivity index (χ3n) is 2.82. The minimum Gasteiger partial charge on any atom is -0.383 e. The smallest absolute Gasteiger partial charge is 0.240 e. The van der Waals surface area contributed by atoms with Crippen molar-refractivity contribution in [3.8, 4) is 0 Å². The summed E-state index contributed by atoms with van der Waals surface area (Å²) in [5, 5.41) is 3.32. The number of hydrogen-bond donors (Lipinski definition) is 2. The molecule has 1 unspecified atom stereocenters. The predicted octanol–water partition coefficient (Wildman–Crippen LogP) is 2.59. The van der Waals surface area contributed by atoms with Gasteiger partial charge in [-0.25, -0.2) is 13.1 Å². The molecule has 0 amide bonds. The van der Waals surface area contributed by atoms with E-state index in [-0.39, 0.29) is 4.90 Å². The monoisotopic (exact) mass is 270 g/mol. The average Bonchev–Trinajstić information content (AvgIpc) is 2.36. The first-order valence-corrected chi connectivity index (χ1v) is 7.78. The normalized spacial score (nSPS) is 13.3. The Labute approximate surface area is 110 Å². The van der Waals surface area contributed by atoms with Gasteiger partial charge in [-0.05, 0) is 38.6 Å². The second-order valence-corrected chi connectivity index (χ2v) is 6.31. The van der Waals surface area contributed by atoms with Gasteiger partial charge in [-0.15, -0.1) is 0 Å². The Balaban J connectivity index is 2.77. The Kier molecular flexibility index (Phi) is 5.62. The van der Waals surface area contributed by atoms with Gasteiger partial charge in [-0.3, -0.25) is 0 Å². The first kappa shape index (κ1) is 15.0. The van der Waals surface area contributed by atoms with Crippen LogP contribution in [0.3, 0.4) is 0 Å². The van der Waals surface area contributed by atoms with E-state index in [0.717, 1.165) is 12.1 Å². The van der Waals surface area contributed by atoms with Gasteiger partial charge in [0.25, 0.3) is 0 Å². The molecule has 0 spiro atoms. The number of benzene rings is 1. The lowest BCUT2D eigenvalue weighted by molar-refractivity contribution is 0.588. The zero-order valence-corrected chi connectivity index (χ0v) is 12.0. The maximum Gasteiger partial charge on any atom is 0.240 e. The van der Waals surface area contributed by atoms with Crippen LogP contribution >= 0.6 is 0 Å². The van der Waals surface area contributed by atoms with Crippen molar-refractivity contribution in [1.82, 2.24) is 4.72 Å². The van der Waals surface area contributed by atoms with Gasteiger partial charge in [-0.2, -0.15) is 0 Å². The summed E-state index contributed by atoms with van der Waals surface area (Å²) < 4.78 is 25.7. The van der Waals surface area contributed by atoms with Crippen LogP contribution < -0.4 is 10.0 Å². The fraction of sp³-hybridized carbons (Fsp3) is 0.538. The van der Waals surface area contributed by atoms with E-state index in [4.69, 9.17) is 0 Å². The van der Waals surface area contributed by atoms with Crippen molar-refractivity contribution >= 4 is 15.7 Å². The molecular weight excluding hydrogens is 248 g/mol. The molecule has 0 aromatic heterocycles. The Morgan fingerprint density at radius 2 is 2.06 bits per heavy atom. The van der Waals surface area contributed by atoms with E-state index in [2.05, 4.69) is 23.9 Å². The van der Waals surface area contributed by atoms with E-state index < -0.39 is 10.0 Å². The Morgan fingerprint density at radius 1 is 1.33 bits per heavy atom. The summed E-state index contributed by atoms with van der Waals surface area (Å²) in [6, 6.07) is 7.23. The van der Waals surface area contributed by atoms with Gasteiger partial charge >= 0.3 is 0 Å². The van der Waals surface area contributed by atoms with Crippen molar-refractivity contribution in [3.05, 3.63) is 24.3 Å². The van der Waals surface area contributed by atoms with Crippen LogP contribution in [0.15, 0.2) is 29.2 Å². The Hall–Kier alpha value is -1.07. The highest BCUT2D eigenvalue weighted by Gasteiger charge is 2.11. The van der Waals surface area contributed by atoms with Crippen molar-refractivity contribution in [2.45, 2.75) is 44.0 Å². The lowest BCUT2D eigenvalue weighted by atomic mass is 10.1. The van der Waals surface area contributed by atoms with Crippen molar-refractivity contribution < 1.29 is 8.42 Å². The maximum atomic E-state index is 11.7. The second kappa shape index (κ2) is 6.75. The van der Waals surface area contributed by atoms with Crippen LogP contribution in [0.4, 0.5) is 5.69 Å². The van der Waals surface area contributed by atoms with Gasteiger partial charge in [0.1, 0.15) is 0 Å². The van der Waals surface area contributed by atoms with Crippen LogP contribution in [-0.4, -0.2) is 21.5 Å². The number of anilines is 1. The number of hydrogen-bond acceptors (Lipinski definition) is 3. The molecule has 0 aliphatic carbocycles. The molecule has 1 atom stereocenters. The molecule has 18 heavy (non-hydrogen) atoms. The zero-order valence-electron chi connectivity index (χ0n) is 11.2. The molecule has 2 N–H and O–H groups in total. The predicted molar refractivity (Wildman–Crippen MR) is 75.3 cm³/mol. The summed E-state index contributed by atoms with van der Waals surface area (Å²) in [6.45, 7) is 4.27. The molecule has 1 rings (SSSR count). The van der Waals surface area contributed by atoms with Crippen LogP contribution in [0, 0.1) is 0 Å². The SMILES string of the molecule is CCCCC(C)Nc1cccc(S(=O)(=O)NC)c1. The van der Waals surface area contributed by atoms with E-state index >= 15 is 0 Å². The highest BCUT2D eigenvalue weighted by molar-refractivity contribution is 7.89. The van der Waals surface area contributed by atoms with Crippen molar-refractivity contribution in [2.24, 2.45) is 0 Å². The van der Waals surface area contributed by atoms with Crippen LogP contribution in [0.2, 0.25) is 0 Å². The first-order chi connectivity index (χ1) is 8.49. The topological polar surface area (TPSA) is 58.2 Å². The van der Waals surface area contributed by atoms with Crippen molar-refractivity contribution in [2.75, 3.05) is 12.4 Å². The second-order valence-electron chi connectivity index (χ2n) is 4.42. The Morgan fingerprint density at radius 3 is 2.67 bits per heavy atom. The molecule has 0 saturated carbocycles. The quantitative estimate of drug-likeness (QED) is 0.800. The van der Waals surface area contributed by atoms with E-state index in [9.17, 15) is 8.42 Å². The van der Waals surface area contributed by atoms with E-state index in [1.165, 1.54) is 19.9 Å². The molecule has 4 nitrogen and oxygen atoms in total. The minimum absolute atomic E-state index is 0.290. The third kappa shape index (κ3) is 4.31. The van der Waals surface area contributed by atoms with Crippen LogP contribution in [0.25, 0.3) is 0 Å². The zero-order chi connectivity index (χ0) is 13.6. The van der Waals surface area contributed by atoms with Crippen molar-refractivity contribution in [1.29, 1.82) is 0 Å². The standard InChI is InChI=1S/C13H22N2O2S/c1-4-5-7-11(2)15-12-8-6-9-13(10-12)18(16,17)14-3/h6,8-11,14-15H,4-5,7H2,1-3H3. The number of rotatable bonds is 7. The van der Waals surface area contributed by atoms with E-state index in [1.54, 1.807) is 18.2 Å². The lowest BCUT2D eigenvalue weighted by Crippen LogP contribution is -2.19.